The lowest BCUT2D eigenvalue weighted by Gasteiger charge is -2.23. The van der Waals surface area contributed by atoms with Crippen LogP contribution >= 0.6 is 0 Å². The standard InChI is InChI=1S/C21H28N2O3/c1-21(2,3)26-20(24)23-18(14-22)12-17-10-7-11-19(13-17)25-15-16-8-5-4-6-9-16/h4-11,13,18H,12,14-15,22H2,1-3H3,(H,23,24). The van der Waals surface area contributed by atoms with Crippen molar-refractivity contribution < 1.29 is 14.3 Å². The monoisotopic (exact) mass is 356 g/mol. The number of alkyl carbamates (subject to hydrolysis) is 1. The van der Waals surface area contributed by atoms with E-state index in [4.69, 9.17) is 15.2 Å². The van der Waals surface area contributed by atoms with Crippen LogP contribution in [0, 0.1) is 0 Å². The lowest BCUT2D eigenvalue weighted by atomic mass is 10.1. The molecule has 2 rings (SSSR count). The molecule has 0 spiro atoms. The fourth-order valence-corrected chi connectivity index (χ4v) is 2.46. The average molecular weight is 356 g/mol. The van der Waals surface area contributed by atoms with Crippen molar-refractivity contribution >= 4 is 6.09 Å². The minimum atomic E-state index is -0.533. The third-order valence-corrected chi connectivity index (χ3v) is 3.63. The van der Waals surface area contributed by atoms with Gasteiger partial charge in [0.15, 0.2) is 0 Å². The van der Waals surface area contributed by atoms with Gasteiger partial charge >= 0.3 is 6.09 Å². The van der Waals surface area contributed by atoms with Crippen LogP contribution in [0.1, 0.15) is 31.9 Å². The zero-order valence-electron chi connectivity index (χ0n) is 15.7. The van der Waals surface area contributed by atoms with E-state index < -0.39 is 11.7 Å². The Kier molecular flexibility index (Phi) is 7.04. The van der Waals surface area contributed by atoms with Crippen molar-refractivity contribution in [2.24, 2.45) is 5.73 Å². The molecule has 2 aromatic carbocycles. The van der Waals surface area contributed by atoms with E-state index in [0.29, 0.717) is 19.6 Å². The van der Waals surface area contributed by atoms with Gasteiger partial charge in [-0.1, -0.05) is 42.5 Å². The van der Waals surface area contributed by atoms with Crippen molar-refractivity contribution in [2.45, 2.75) is 45.4 Å². The summed E-state index contributed by atoms with van der Waals surface area (Å²) in [6.45, 7) is 6.34. The number of hydrogen-bond donors (Lipinski definition) is 2. The molecule has 0 aliphatic rings. The lowest BCUT2D eigenvalue weighted by molar-refractivity contribution is 0.0506. The molecule has 0 aliphatic carbocycles. The molecule has 0 fully saturated rings. The molecule has 0 heterocycles. The highest BCUT2D eigenvalue weighted by atomic mass is 16.6. The van der Waals surface area contributed by atoms with Crippen molar-refractivity contribution in [1.29, 1.82) is 0 Å². The predicted molar refractivity (Wildman–Crippen MR) is 103 cm³/mol. The highest BCUT2D eigenvalue weighted by molar-refractivity contribution is 5.68. The normalized spacial score (nSPS) is 12.3. The largest absolute Gasteiger partial charge is 0.489 e. The summed E-state index contributed by atoms with van der Waals surface area (Å²) in [5.74, 6) is 0.791. The van der Waals surface area contributed by atoms with Crippen molar-refractivity contribution in [2.75, 3.05) is 6.54 Å². The molecule has 0 aromatic heterocycles. The van der Waals surface area contributed by atoms with Crippen LogP contribution in [0.2, 0.25) is 0 Å². The number of nitrogens with one attached hydrogen (secondary N) is 1. The summed E-state index contributed by atoms with van der Waals surface area (Å²) in [5.41, 5.74) is 7.43. The Morgan fingerprint density at radius 1 is 1.08 bits per heavy atom. The first-order valence-electron chi connectivity index (χ1n) is 8.81. The van der Waals surface area contributed by atoms with Crippen LogP contribution < -0.4 is 15.8 Å². The Morgan fingerprint density at radius 2 is 1.77 bits per heavy atom. The van der Waals surface area contributed by atoms with Crippen LogP contribution in [0.15, 0.2) is 54.6 Å². The van der Waals surface area contributed by atoms with Gasteiger partial charge < -0.3 is 20.5 Å². The van der Waals surface area contributed by atoms with Gasteiger partial charge in [-0.25, -0.2) is 4.79 Å². The summed E-state index contributed by atoms with van der Waals surface area (Å²) in [4.78, 5) is 11.9. The maximum atomic E-state index is 11.9. The van der Waals surface area contributed by atoms with Crippen molar-refractivity contribution in [3.63, 3.8) is 0 Å². The Hall–Kier alpha value is -2.53. The summed E-state index contributed by atoms with van der Waals surface area (Å²) in [6.07, 6.45) is 0.155. The predicted octanol–water partition coefficient (Wildman–Crippen LogP) is 3.66. The number of carbonyl (C=O) groups is 1. The lowest BCUT2D eigenvalue weighted by Crippen LogP contribution is -2.44. The zero-order chi connectivity index (χ0) is 19.0. The quantitative estimate of drug-likeness (QED) is 0.794. The van der Waals surface area contributed by atoms with Crippen LogP contribution in [-0.2, 0) is 17.8 Å². The topological polar surface area (TPSA) is 73.6 Å². The summed E-state index contributed by atoms with van der Waals surface area (Å²) in [7, 11) is 0. The second kappa shape index (κ2) is 9.25. The number of nitrogens with two attached hydrogens (primary N) is 1. The summed E-state index contributed by atoms with van der Waals surface area (Å²) < 4.78 is 11.1. The molecule has 3 N–H and O–H groups in total. The first-order valence-corrected chi connectivity index (χ1v) is 8.81. The molecule has 140 valence electrons. The number of ether oxygens (including phenoxy) is 2. The molecule has 0 saturated carbocycles. The van der Waals surface area contributed by atoms with Crippen LogP contribution in [0.3, 0.4) is 0 Å². The fraction of sp³-hybridized carbons (Fsp3) is 0.381. The van der Waals surface area contributed by atoms with Crippen molar-refractivity contribution in [3.05, 3.63) is 65.7 Å². The van der Waals surface area contributed by atoms with Crippen LogP contribution in [-0.4, -0.2) is 24.3 Å². The van der Waals surface area contributed by atoms with Gasteiger partial charge in [0, 0.05) is 12.6 Å². The minimum Gasteiger partial charge on any atom is -0.489 e. The Balaban J connectivity index is 1.92. The van der Waals surface area contributed by atoms with Gasteiger partial charge in [0.1, 0.15) is 18.0 Å². The number of rotatable bonds is 7. The van der Waals surface area contributed by atoms with E-state index in [9.17, 15) is 4.79 Å². The number of hydrogen-bond acceptors (Lipinski definition) is 4. The molecule has 1 amide bonds. The van der Waals surface area contributed by atoms with E-state index >= 15 is 0 Å². The van der Waals surface area contributed by atoms with E-state index in [2.05, 4.69) is 5.32 Å². The molecule has 5 nitrogen and oxygen atoms in total. The molecule has 0 aliphatic heterocycles. The maximum absolute atomic E-state index is 11.9. The van der Waals surface area contributed by atoms with Gasteiger partial charge in [0.25, 0.3) is 0 Å². The zero-order valence-corrected chi connectivity index (χ0v) is 15.7. The highest BCUT2D eigenvalue weighted by Crippen LogP contribution is 2.16. The van der Waals surface area contributed by atoms with Gasteiger partial charge in [-0.3, -0.25) is 0 Å². The molecular weight excluding hydrogens is 328 g/mol. The second-order valence-corrected chi connectivity index (χ2v) is 7.20. The van der Waals surface area contributed by atoms with E-state index in [1.807, 2.05) is 75.4 Å². The SMILES string of the molecule is CC(C)(C)OC(=O)NC(CN)Cc1cccc(OCc2ccccc2)c1. The summed E-state index contributed by atoms with van der Waals surface area (Å²) >= 11 is 0. The molecule has 1 unspecified atom stereocenters. The first-order chi connectivity index (χ1) is 12.4. The van der Waals surface area contributed by atoms with E-state index in [0.717, 1.165) is 16.9 Å². The molecule has 2 aromatic rings. The summed E-state index contributed by atoms with van der Waals surface area (Å²) in [6, 6.07) is 17.6. The maximum Gasteiger partial charge on any atom is 0.407 e. The first kappa shape index (κ1) is 19.8. The molecule has 5 heteroatoms. The number of amides is 1. The molecule has 1 atom stereocenters. The summed E-state index contributed by atoms with van der Waals surface area (Å²) in [5, 5.41) is 2.82. The third-order valence-electron chi connectivity index (χ3n) is 3.63. The molecule has 0 saturated heterocycles. The van der Waals surface area contributed by atoms with Gasteiger partial charge in [0.05, 0.1) is 0 Å². The highest BCUT2D eigenvalue weighted by Gasteiger charge is 2.19. The van der Waals surface area contributed by atoms with Gasteiger partial charge in [-0.15, -0.1) is 0 Å². The average Bonchev–Trinajstić information content (AvgIpc) is 2.59. The minimum absolute atomic E-state index is 0.200. The Labute approximate surface area is 155 Å². The Bertz CT molecular complexity index is 696. The fourth-order valence-electron chi connectivity index (χ4n) is 2.46. The van der Waals surface area contributed by atoms with Crippen LogP contribution in [0.4, 0.5) is 4.79 Å². The van der Waals surface area contributed by atoms with E-state index in [-0.39, 0.29) is 6.04 Å². The van der Waals surface area contributed by atoms with E-state index in [1.54, 1.807) is 0 Å². The van der Waals surface area contributed by atoms with Crippen LogP contribution in [0.25, 0.3) is 0 Å². The smallest absolute Gasteiger partial charge is 0.407 e. The van der Waals surface area contributed by atoms with Crippen LogP contribution in [0.5, 0.6) is 5.75 Å². The van der Waals surface area contributed by atoms with Gasteiger partial charge in [-0.05, 0) is 50.5 Å². The van der Waals surface area contributed by atoms with Gasteiger partial charge in [0.2, 0.25) is 0 Å². The van der Waals surface area contributed by atoms with Crippen molar-refractivity contribution in [1.82, 2.24) is 5.32 Å². The number of carbonyl (C=O) groups excluding carboxylic acids is 1. The number of benzene rings is 2. The third kappa shape index (κ3) is 7.15. The molecule has 0 radical (unpaired) electrons. The second-order valence-electron chi connectivity index (χ2n) is 7.20. The molecule has 0 bridgehead atoms. The van der Waals surface area contributed by atoms with E-state index in [1.165, 1.54) is 0 Å². The Morgan fingerprint density at radius 3 is 2.42 bits per heavy atom. The van der Waals surface area contributed by atoms with Crippen molar-refractivity contribution in [3.8, 4) is 5.75 Å². The molecule has 26 heavy (non-hydrogen) atoms. The molecular formula is C21H28N2O3. The van der Waals surface area contributed by atoms with Gasteiger partial charge in [-0.2, -0.15) is 0 Å².